The number of nitrogens with zero attached hydrogens (tertiary/aromatic N) is 1. The summed E-state index contributed by atoms with van der Waals surface area (Å²) in [6.45, 7) is 0.479. The second-order valence-electron chi connectivity index (χ2n) is 7.11. The van der Waals surface area contributed by atoms with E-state index in [1.54, 1.807) is 24.3 Å². The maximum Gasteiger partial charge on any atom is 0.255 e. The highest BCUT2D eigenvalue weighted by Gasteiger charge is 2.28. The third kappa shape index (κ3) is 4.60. The second-order valence-corrected chi connectivity index (χ2v) is 9.86. The van der Waals surface area contributed by atoms with Crippen molar-refractivity contribution in [2.24, 2.45) is 0 Å². The first-order valence-electron chi connectivity index (χ1n) is 9.38. The van der Waals surface area contributed by atoms with Crippen LogP contribution in [0.1, 0.15) is 21.5 Å². The van der Waals surface area contributed by atoms with Gasteiger partial charge < -0.3 is 5.32 Å². The van der Waals surface area contributed by atoms with Gasteiger partial charge in [-0.05, 0) is 72.1 Å². The summed E-state index contributed by atoms with van der Waals surface area (Å²) in [6.07, 6.45) is 0.538. The number of benzene rings is 3. The number of nitrogens with one attached hydrogen (secondary N) is 1. The van der Waals surface area contributed by atoms with Crippen LogP contribution in [0.5, 0.6) is 0 Å². The van der Waals surface area contributed by atoms with E-state index in [1.165, 1.54) is 22.5 Å². The lowest BCUT2D eigenvalue weighted by Gasteiger charge is -2.28. The van der Waals surface area contributed by atoms with E-state index < -0.39 is 15.8 Å². The molecule has 1 aliphatic heterocycles. The van der Waals surface area contributed by atoms with Gasteiger partial charge in [-0.1, -0.05) is 29.3 Å². The van der Waals surface area contributed by atoms with Gasteiger partial charge in [-0.3, -0.25) is 4.79 Å². The first-order valence-corrected chi connectivity index (χ1v) is 11.6. The summed E-state index contributed by atoms with van der Waals surface area (Å²) in [6, 6.07) is 14.8. The second kappa shape index (κ2) is 8.59. The number of hydrogen-bond donors (Lipinski definition) is 1. The topological polar surface area (TPSA) is 66.5 Å². The quantitative estimate of drug-likeness (QED) is 0.564. The van der Waals surface area contributed by atoms with Gasteiger partial charge in [-0.2, -0.15) is 4.31 Å². The molecule has 0 aliphatic carbocycles. The molecule has 0 saturated heterocycles. The number of anilines is 1. The molecule has 0 atom stereocenters. The van der Waals surface area contributed by atoms with Gasteiger partial charge in [0.15, 0.2) is 0 Å². The SMILES string of the molecule is O=C(Nc1ccc2c(c1)CN(S(=O)(=O)c1ccc(F)cc1)CC2)c1ccc(Cl)c(Cl)c1. The van der Waals surface area contributed by atoms with Crippen LogP contribution < -0.4 is 5.32 Å². The van der Waals surface area contributed by atoms with E-state index in [2.05, 4.69) is 5.32 Å². The molecule has 1 N–H and O–H groups in total. The van der Waals surface area contributed by atoms with Crippen molar-refractivity contribution in [3.8, 4) is 0 Å². The van der Waals surface area contributed by atoms with Crippen molar-refractivity contribution in [1.29, 1.82) is 0 Å². The lowest BCUT2D eigenvalue weighted by atomic mass is 10.0. The van der Waals surface area contributed by atoms with Crippen molar-refractivity contribution in [2.75, 3.05) is 11.9 Å². The van der Waals surface area contributed by atoms with Crippen LogP contribution in [0.2, 0.25) is 10.0 Å². The minimum absolute atomic E-state index is 0.0430. The average Bonchev–Trinajstić information content (AvgIpc) is 2.75. The van der Waals surface area contributed by atoms with Gasteiger partial charge in [0.1, 0.15) is 5.82 Å². The minimum atomic E-state index is -3.76. The number of carbonyl (C=O) groups is 1. The molecule has 1 aliphatic rings. The highest BCUT2D eigenvalue weighted by molar-refractivity contribution is 7.89. The molecule has 0 bridgehead atoms. The van der Waals surface area contributed by atoms with Crippen molar-refractivity contribution in [3.05, 3.63) is 93.2 Å². The predicted octanol–water partition coefficient (Wildman–Crippen LogP) is 5.13. The fourth-order valence-corrected chi connectivity index (χ4v) is 5.13. The summed E-state index contributed by atoms with van der Waals surface area (Å²) in [7, 11) is -3.76. The van der Waals surface area contributed by atoms with Crippen LogP contribution in [0.15, 0.2) is 65.6 Å². The number of rotatable bonds is 4. The van der Waals surface area contributed by atoms with Crippen molar-refractivity contribution in [2.45, 2.75) is 17.9 Å². The maximum absolute atomic E-state index is 13.2. The van der Waals surface area contributed by atoms with Gasteiger partial charge >= 0.3 is 0 Å². The first kappa shape index (κ1) is 21.8. The zero-order chi connectivity index (χ0) is 22.2. The van der Waals surface area contributed by atoms with E-state index in [1.807, 2.05) is 6.07 Å². The van der Waals surface area contributed by atoms with Gasteiger partial charge in [-0.25, -0.2) is 12.8 Å². The molecule has 0 aromatic heterocycles. The van der Waals surface area contributed by atoms with Crippen LogP contribution >= 0.6 is 23.2 Å². The summed E-state index contributed by atoms with van der Waals surface area (Å²) >= 11 is 11.9. The van der Waals surface area contributed by atoms with Crippen LogP contribution in [0, 0.1) is 5.82 Å². The van der Waals surface area contributed by atoms with Crippen LogP contribution in [0.25, 0.3) is 0 Å². The Morgan fingerprint density at radius 1 is 0.935 bits per heavy atom. The molecule has 4 rings (SSSR count). The number of fused-ring (bicyclic) bond motifs is 1. The fourth-order valence-electron chi connectivity index (χ4n) is 3.41. The van der Waals surface area contributed by atoms with E-state index in [4.69, 9.17) is 23.2 Å². The molecule has 3 aromatic carbocycles. The maximum atomic E-state index is 13.2. The van der Waals surface area contributed by atoms with Crippen LogP contribution in [-0.4, -0.2) is 25.2 Å². The molecule has 0 unspecified atom stereocenters. The molecule has 0 spiro atoms. The molecular weight excluding hydrogens is 462 g/mol. The molecule has 31 heavy (non-hydrogen) atoms. The molecule has 1 amide bonds. The highest BCUT2D eigenvalue weighted by Crippen LogP contribution is 2.28. The Morgan fingerprint density at radius 3 is 2.39 bits per heavy atom. The number of halogens is 3. The minimum Gasteiger partial charge on any atom is -0.322 e. The molecule has 160 valence electrons. The Morgan fingerprint density at radius 2 is 1.68 bits per heavy atom. The smallest absolute Gasteiger partial charge is 0.255 e. The standard InChI is InChI=1S/C22H17Cl2FN2O3S/c23-20-8-2-15(12-21(20)24)22(28)26-18-5-1-14-9-10-27(13-16(14)11-18)31(29,30)19-6-3-17(25)4-7-19/h1-8,11-12H,9-10,13H2,(H,26,28). The molecule has 1 heterocycles. The molecule has 5 nitrogen and oxygen atoms in total. The van der Waals surface area contributed by atoms with Gasteiger partial charge in [0.25, 0.3) is 5.91 Å². The lowest BCUT2D eigenvalue weighted by Crippen LogP contribution is -2.36. The molecule has 9 heteroatoms. The highest BCUT2D eigenvalue weighted by atomic mass is 35.5. The number of carbonyl (C=O) groups excluding carboxylic acids is 1. The van der Waals surface area contributed by atoms with E-state index in [0.29, 0.717) is 29.2 Å². The van der Waals surface area contributed by atoms with Crippen molar-refractivity contribution < 1.29 is 17.6 Å². The van der Waals surface area contributed by atoms with Gasteiger partial charge in [0, 0.05) is 24.3 Å². The molecule has 3 aromatic rings. The third-order valence-electron chi connectivity index (χ3n) is 5.07. The fraction of sp³-hybridized carbons (Fsp3) is 0.136. The zero-order valence-corrected chi connectivity index (χ0v) is 18.4. The Kier molecular flexibility index (Phi) is 6.03. The predicted molar refractivity (Wildman–Crippen MR) is 119 cm³/mol. The van der Waals surface area contributed by atoms with E-state index in [9.17, 15) is 17.6 Å². The van der Waals surface area contributed by atoms with E-state index in [0.717, 1.165) is 23.3 Å². The van der Waals surface area contributed by atoms with Gasteiger partial charge in [-0.15, -0.1) is 0 Å². The first-order chi connectivity index (χ1) is 14.7. The number of hydrogen-bond acceptors (Lipinski definition) is 3. The monoisotopic (exact) mass is 478 g/mol. The molecule has 0 fully saturated rings. The third-order valence-corrected chi connectivity index (χ3v) is 7.67. The number of amides is 1. The lowest BCUT2D eigenvalue weighted by molar-refractivity contribution is 0.102. The average molecular weight is 479 g/mol. The Hall–Kier alpha value is -2.45. The summed E-state index contributed by atoms with van der Waals surface area (Å²) in [4.78, 5) is 12.6. The van der Waals surface area contributed by atoms with Crippen LogP contribution in [0.3, 0.4) is 0 Å². The summed E-state index contributed by atoms with van der Waals surface area (Å²) in [5, 5.41) is 3.43. The normalized spacial score (nSPS) is 14.2. The number of sulfonamides is 1. The Balaban J connectivity index is 1.54. The summed E-state index contributed by atoms with van der Waals surface area (Å²) in [5.74, 6) is -0.851. The van der Waals surface area contributed by atoms with Gasteiger partial charge in [0.05, 0.1) is 14.9 Å². The molecule has 0 radical (unpaired) electrons. The zero-order valence-electron chi connectivity index (χ0n) is 16.1. The summed E-state index contributed by atoms with van der Waals surface area (Å²) in [5.41, 5.74) is 2.70. The van der Waals surface area contributed by atoms with Crippen molar-refractivity contribution in [3.63, 3.8) is 0 Å². The summed E-state index contributed by atoms with van der Waals surface area (Å²) < 4.78 is 40.4. The van der Waals surface area contributed by atoms with Crippen molar-refractivity contribution >= 4 is 44.8 Å². The van der Waals surface area contributed by atoms with Gasteiger partial charge in [0.2, 0.25) is 10.0 Å². The Labute approximate surface area is 189 Å². The molecule has 0 saturated carbocycles. The van der Waals surface area contributed by atoms with Crippen molar-refractivity contribution in [1.82, 2.24) is 4.31 Å². The Bertz CT molecular complexity index is 1260. The largest absolute Gasteiger partial charge is 0.322 e. The van der Waals surface area contributed by atoms with Crippen LogP contribution in [-0.2, 0) is 23.0 Å². The van der Waals surface area contributed by atoms with Crippen LogP contribution in [0.4, 0.5) is 10.1 Å². The van der Waals surface area contributed by atoms with E-state index >= 15 is 0 Å². The van der Waals surface area contributed by atoms with E-state index in [-0.39, 0.29) is 22.4 Å². The molecular formula is C22H17Cl2FN2O3S.